The van der Waals surface area contributed by atoms with Crippen LogP contribution in [0.15, 0.2) is 17.6 Å². The fourth-order valence-corrected chi connectivity index (χ4v) is 0.986. The summed E-state index contributed by atoms with van der Waals surface area (Å²) in [7, 11) is 1.51. The second kappa shape index (κ2) is 6.20. The predicted molar refractivity (Wildman–Crippen MR) is 63.6 cm³/mol. The number of esters is 1. The van der Waals surface area contributed by atoms with E-state index in [1.54, 1.807) is 20.8 Å². The molecule has 0 aromatic carbocycles. The van der Waals surface area contributed by atoms with Crippen molar-refractivity contribution < 1.29 is 14.3 Å². The van der Waals surface area contributed by atoms with Crippen molar-refractivity contribution in [1.29, 1.82) is 0 Å². The Morgan fingerprint density at radius 2 is 1.88 bits per heavy atom. The molecule has 0 aliphatic carbocycles. The van der Waals surface area contributed by atoms with Crippen molar-refractivity contribution in [3.63, 3.8) is 0 Å². The van der Waals surface area contributed by atoms with Gasteiger partial charge in [0.25, 0.3) is 0 Å². The molecular weight excluding hydrogens is 206 g/mol. The molecule has 0 fully saturated rings. The molecule has 0 aromatic heterocycles. The van der Waals surface area contributed by atoms with Gasteiger partial charge in [-0.2, -0.15) is 0 Å². The van der Waals surface area contributed by atoms with E-state index in [9.17, 15) is 9.59 Å². The van der Waals surface area contributed by atoms with Crippen LogP contribution in [0.25, 0.3) is 0 Å². The zero-order chi connectivity index (χ0) is 12.8. The van der Waals surface area contributed by atoms with Gasteiger partial charge in [0.05, 0.1) is 0 Å². The molecule has 16 heavy (non-hydrogen) atoms. The number of ether oxygens (including phenoxy) is 1. The number of carbonyl (C=O) groups is 2. The first-order chi connectivity index (χ1) is 7.30. The Morgan fingerprint density at radius 3 is 2.25 bits per heavy atom. The Labute approximate surface area is 96.4 Å². The van der Waals surface area contributed by atoms with E-state index < -0.39 is 11.6 Å². The van der Waals surface area contributed by atoms with Gasteiger partial charge in [0, 0.05) is 19.9 Å². The molecule has 0 aromatic rings. The number of carbonyl (C=O) groups excluding carboxylic acids is 2. The van der Waals surface area contributed by atoms with Crippen molar-refractivity contribution in [2.24, 2.45) is 4.99 Å². The summed E-state index contributed by atoms with van der Waals surface area (Å²) in [6.07, 6.45) is 1.76. The SMILES string of the molecule is C=CC(=O)CCC(=NC)C(=O)OC(C)(C)C. The largest absolute Gasteiger partial charge is 0.455 e. The molecule has 0 aliphatic heterocycles. The van der Waals surface area contributed by atoms with Crippen LogP contribution in [0.3, 0.4) is 0 Å². The third-order valence-electron chi connectivity index (χ3n) is 1.74. The maximum Gasteiger partial charge on any atom is 0.352 e. The molecule has 0 saturated carbocycles. The minimum absolute atomic E-state index is 0.107. The third-order valence-corrected chi connectivity index (χ3v) is 1.74. The summed E-state index contributed by atoms with van der Waals surface area (Å²) in [6.45, 7) is 8.72. The fourth-order valence-electron chi connectivity index (χ4n) is 0.986. The van der Waals surface area contributed by atoms with Crippen molar-refractivity contribution in [3.8, 4) is 0 Å². The number of allylic oxidation sites excluding steroid dienone is 1. The molecule has 0 bridgehead atoms. The summed E-state index contributed by atoms with van der Waals surface area (Å²) in [5, 5.41) is 0. The quantitative estimate of drug-likeness (QED) is 0.408. The van der Waals surface area contributed by atoms with Gasteiger partial charge in [0.1, 0.15) is 11.3 Å². The number of nitrogens with zero attached hydrogens (tertiary/aromatic N) is 1. The second-order valence-electron chi connectivity index (χ2n) is 4.34. The number of aliphatic imine (C=N–C) groups is 1. The second-order valence-corrected chi connectivity index (χ2v) is 4.34. The summed E-state index contributed by atoms with van der Waals surface area (Å²) in [4.78, 5) is 26.4. The molecule has 4 heteroatoms. The normalized spacial score (nSPS) is 12.1. The average Bonchev–Trinajstić information content (AvgIpc) is 2.15. The molecule has 0 saturated heterocycles. The minimum atomic E-state index is -0.546. The van der Waals surface area contributed by atoms with Crippen molar-refractivity contribution >= 4 is 17.5 Å². The number of hydrogen-bond donors (Lipinski definition) is 0. The van der Waals surface area contributed by atoms with Gasteiger partial charge in [-0.3, -0.25) is 9.79 Å². The van der Waals surface area contributed by atoms with Crippen molar-refractivity contribution in [3.05, 3.63) is 12.7 Å². The highest BCUT2D eigenvalue weighted by atomic mass is 16.6. The molecule has 0 heterocycles. The predicted octanol–water partition coefficient (Wildman–Crippen LogP) is 1.93. The van der Waals surface area contributed by atoms with Crippen LogP contribution in [0.1, 0.15) is 33.6 Å². The van der Waals surface area contributed by atoms with Crippen LogP contribution in [-0.2, 0) is 14.3 Å². The van der Waals surface area contributed by atoms with Crippen molar-refractivity contribution in [1.82, 2.24) is 0 Å². The van der Waals surface area contributed by atoms with E-state index in [4.69, 9.17) is 4.74 Å². The highest BCUT2D eigenvalue weighted by molar-refractivity contribution is 6.36. The summed E-state index contributed by atoms with van der Waals surface area (Å²) < 4.78 is 5.15. The first kappa shape index (κ1) is 14.6. The lowest BCUT2D eigenvalue weighted by atomic mass is 10.1. The number of ketones is 1. The molecule has 0 spiro atoms. The highest BCUT2D eigenvalue weighted by Gasteiger charge is 2.20. The van der Waals surface area contributed by atoms with Gasteiger partial charge in [0.15, 0.2) is 5.78 Å². The number of rotatable bonds is 5. The van der Waals surface area contributed by atoms with Gasteiger partial charge < -0.3 is 4.74 Å². The molecule has 90 valence electrons. The molecule has 0 unspecified atom stereocenters. The minimum Gasteiger partial charge on any atom is -0.455 e. The summed E-state index contributed by atoms with van der Waals surface area (Å²) >= 11 is 0. The first-order valence-corrected chi connectivity index (χ1v) is 5.14. The maximum absolute atomic E-state index is 11.6. The maximum atomic E-state index is 11.6. The van der Waals surface area contributed by atoms with Crippen molar-refractivity contribution in [2.45, 2.75) is 39.2 Å². The van der Waals surface area contributed by atoms with Crippen molar-refractivity contribution in [2.75, 3.05) is 7.05 Å². The number of hydrogen-bond acceptors (Lipinski definition) is 4. The Kier molecular flexibility index (Phi) is 5.64. The van der Waals surface area contributed by atoms with Crippen LogP contribution in [0.2, 0.25) is 0 Å². The zero-order valence-corrected chi connectivity index (χ0v) is 10.4. The van der Waals surface area contributed by atoms with Gasteiger partial charge in [0.2, 0.25) is 0 Å². The highest BCUT2D eigenvalue weighted by Crippen LogP contribution is 2.09. The van der Waals surface area contributed by atoms with E-state index in [1.165, 1.54) is 13.1 Å². The van der Waals surface area contributed by atoms with Crippen LogP contribution in [-0.4, -0.2) is 30.1 Å². The van der Waals surface area contributed by atoms with Gasteiger partial charge in [-0.05, 0) is 26.8 Å². The monoisotopic (exact) mass is 225 g/mol. The molecule has 0 aliphatic rings. The Hall–Kier alpha value is -1.45. The van der Waals surface area contributed by atoms with Gasteiger partial charge >= 0.3 is 5.97 Å². The molecule has 0 amide bonds. The topological polar surface area (TPSA) is 55.7 Å². The molecule has 0 atom stereocenters. The Balaban J connectivity index is 4.36. The fraction of sp³-hybridized carbons (Fsp3) is 0.583. The Bertz CT molecular complexity index is 311. The van der Waals surface area contributed by atoms with Crippen LogP contribution >= 0.6 is 0 Å². The van der Waals surface area contributed by atoms with Crippen LogP contribution in [0.5, 0.6) is 0 Å². The van der Waals surface area contributed by atoms with Gasteiger partial charge in [-0.15, -0.1) is 0 Å². The molecule has 0 rings (SSSR count). The van der Waals surface area contributed by atoms with E-state index >= 15 is 0 Å². The van der Waals surface area contributed by atoms with E-state index in [0.29, 0.717) is 0 Å². The van der Waals surface area contributed by atoms with E-state index in [0.717, 1.165) is 0 Å². The van der Waals surface area contributed by atoms with Crippen LogP contribution in [0.4, 0.5) is 0 Å². The molecule has 4 nitrogen and oxygen atoms in total. The summed E-state index contributed by atoms with van der Waals surface area (Å²) in [5.74, 6) is -0.573. The first-order valence-electron chi connectivity index (χ1n) is 5.14. The van der Waals surface area contributed by atoms with Gasteiger partial charge in [-0.1, -0.05) is 6.58 Å². The third kappa shape index (κ3) is 6.11. The molecule has 0 radical (unpaired) electrons. The standard InChI is InChI=1S/C12H19NO3/c1-6-9(14)7-8-10(13-5)11(15)16-12(2,3)4/h6H,1,7-8H2,2-5H3. The van der Waals surface area contributed by atoms with E-state index in [1.807, 2.05) is 0 Å². The average molecular weight is 225 g/mol. The lowest BCUT2D eigenvalue weighted by Crippen LogP contribution is -2.29. The Morgan fingerprint density at radius 1 is 1.31 bits per heavy atom. The lowest BCUT2D eigenvalue weighted by Gasteiger charge is -2.19. The smallest absolute Gasteiger partial charge is 0.352 e. The van der Waals surface area contributed by atoms with E-state index in [-0.39, 0.29) is 24.3 Å². The van der Waals surface area contributed by atoms with Crippen LogP contribution in [0, 0.1) is 0 Å². The van der Waals surface area contributed by atoms with E-state index in [2.05, 4.69) is 11.6 Å². The molecular formula is C12H19NO3. The summed E-state index contributed by atoms with van der Waals surface area (Å²) in [5.41, 5.74) is -0.264. The lowest BCUT2D eigenvalue weighted by molar-refractivity contribution is -0.146. The summed E-state index contributed by atoms with van der Waals surface area (Å²) in [6, 6.07) is 0. The van der Waals surface area contributed by atoms with Crippen LogP contribution < -0.4 is 0 Å². The molecule has 0 N–H and O–H groups in total. The zero-order valence-electron chi connectivity index (χ0n) is 10.4. The van der Waals surface area contributed by atoms with Gasteiger partial charge in [-0.25, -0.2) is 4.79 Å².